The third kappa shape index (κ3) is 5.52. The molecule has 0 aliphatic carbocycles. The summed E-state index contributed by atoms with van der Waals surface area (Å²) in [7, 11) is 1.65. The van der Waals surface area contributed by atoms with Crippen molar-refractivity contribution in [3.8, 4) is 5.75 Å². The van der Waals surface area contributed by atoms with Crippen molar-refractivity contribution in [2.75, 3.05) is 13.7 Å². The van der Waals surface area contributed by atoms with Crippen molar-refractivity contribution in [3.63, 3.8) is 0 Å². The first-order valence-corrected chi connectivity index (χ1v) is 5.76. The van der Waals surface area contributed by atoms with E-state index in [2.05, 4.69) is 0 Å². The van der Waals surface area contributed by atoms with Gasteiger partial charge in [-0.25, -0.2) is 0 Å². The minimum atomic E-state index is 0.0885. The molecule has 94 valence electrons. The quantitative estimate of drug-likeness (QED) is 0.739. The Hall–Kier alpha value is -1.32. The van der Waals surface area contributed by atoms with Gasteiger partial charge in [0.25, 0.3) is 0 Å². The molecule has 1 rings (SSSR count). The molecule has 0 heterocycles. The van der Waals surface area contributed by atoms with Gasteiger partial charge < -0.3 is 14.6 Å². The van der Waals surface area contributed by atoms with E-state index in [0.717, 1.165) is 17.7 Å². The van der Waals surface area contributed by atoms with Crippen molar-refractivity contribution in [1.82, 2.24) is 0 Å². The average Bonchev–Trinajstić information content (AvgIpc) is 2.37. The van der Waals surface area contributed by atoms with Crippen LogP contribution in [-0.2, 0) is 11.3 Å². The lowest BCUT2D eigenvalue weighted by atomic mass is 10.2. The molecule has 0 radical (unpaired) electrons. The van der Waals surface area contributed by atoms with E-state index < -0.39 is 0 Å². The molecule has 1 aromatic carbocycles. The third-order valence-corrected chi connectivity index (χ3v) is 2.43. The Labute approximate surface area is 103 Å². The number of aliphatic hydroxyl groups excluding tert-OH is 1. The fourth-order valence-corrected chi connectivity index (χ4v) is 1.39. The average molecular weight is 236 g/mol. The maximum atomic E-state index is 8.60. The van der Waals surface area contributed by atoms with Gasteiger partial charge in [0.1, 0.15) is 5.75 Å². The molecule has 17 heavy (non-hydrogen) atoms. The second-order valence-corrected chi connectivity index (χ2v) is 3.86. The van der Waals surface area contributed by atoms with Gasteiger partial charge in [-0.05, 0) is 31.0 Å². The van der Waals surface area contributed by atoms with Crippen LogP contribution in [-0.4, -0.2) is 24.9 Å². The van der Waals surface area contributed by atoms with Crippen molar-refractivity contribution < 1.29 is 14.6 Å². The first-order chi connectivity index (χ1) is 8.26. The molecule has 0 aliphatic heterocycles. The maximum absolute atomic E-state index is 8.60. The fraction of sp³-hybridized carbons (Fsp3) is 0.429. The number of aliphatic hydroxyl groups is 1. The highest BCUT2D eigenvalue weighted by Gasteiger charge is 2.00. The Balaban J connectivity index is 2.31. The molecule has 0 fully saturated rings. The van der Waals surface area contributed by atoms with E-state index in [1.165, 1.54) is 0 Å². The minimum absolute atomic E-state index is 0.0885. The molecule has 3 nitrogen and oxygen atoms in total. The van der Waals surface area contributed by atoms with E-state index in [1.54, 1.807) is 13.2 Å². The smallest absolute Gasteiger partial charge is 0.118 e. The highest BCUT2D eigenvalue weighted by atomic mass is 16.5. The fourth-order valence-electron chi connectivity index (χ4n) is 1.39. The van der Waals surface area contributed by atoms with E-state index >= 15 is 0 Å². The summed E-state index contributed by atoms with van der Waals surface area (Å²) in [6, 6.07) is 7.84. The van der Waals surface area contributed by atoms with Crippen LogP contribution >= 0.6 is 0 Å². The maximum Gasteiger partial charge on any atom is 0.118 e. The van der Waals surface area contributed by atoms with Gasteiger partial charge in [0.2, 0.25) is 0 Å². The summed E-state index contributed by atoms with van der Waals surface area (Å²) in [5.41, 5.74) is 1.13. The van der Waals surface area contributed by atoms with E-state index in [-0.39, 0.29) is 12.7 Å². The second-order valence-electron chi connectivity index (χ2n) is 3.86. The molecule has 0 unspecified atom stereocenters. The Bertz CT molecular complexity index is 330. The standard InChI is InChI=1S/C14H20O3/c1-12(5-3-4-10-15)17-11-13-6-8-14(16-2)9-7-13/h3-4,6-9,12,15H,5,10-11H2,1-2H3/b4-3-/t12-/m1/s1. The monoisotopic (exact) mass is 236 g/mol. The number of hydrogen-bond donors (Lipinski definition) is 1. The predicted octanol–water partition coefficient (Wildman–Crippen LogP) is 2.54. The lowest BCUT2D eigenvalue weighted by molar-refractivity contribution is 0.0551. The molecule has 3 heteroatoms. The molecular weight excluding hydrogens is 216 g/mol. The zero-order valence-electron chi connectivity index (χ0n) is 10.4. The van der Waals surface area contributed by atoms with Crippen LogP contribution in [0.1, 0.15) is 18.9 Å². The number of rotatable bonds is 7. The largest absolute Gasteiger partial charge is 0.497 e. The van der Waals surface area contributed by atoms with Gasteiger partial charge >= 0.3 is 0 Å². The normalized spacial score (nSPS) is 12.9. The minimum Gasteiger partial charge on any atom is -0.497 e. The van der Waals surface area contributed by atoms with Gasteiger partial charge in [-0.3, -0.25) is 0 Å². The number of ether oxygens (including phenoxy) is 2. The predicted molar refractivity (Wildman–Crippen MR) is 68.1 cm³/mol. The van der Waals surface area contributed by atoms with Gasteiger partial charge in [-0.2, -0.15) is 0 Å². The Kier molecular flexibility index (Phi) is 6.37. The highest BCUT2D eigenvalue weighted by Crippen LogP contribution is 2.13. The van der Waals surface area contributed by atoms with Crippen LogP contribution < -0.4 is 4.74 Å². The van der Waals surface area contributed by atoms with Crippen LogP contribution in [0.15, 0.2) is 36.4 Å². The van der Waals surface area contributed by atoms with Crippen molar-refractivity contribution in [3.05, 3.63) is 42.0 Å². The number of benzene rings is 1. The van der Waals surface area contributed by atoms with Crippen LogP contribution in [0.5, 0.6) is 5.75 Å². The van der Waals surface area contributed by atoms with Crippen LogP contribution in [0.4, 0.5) is 0 Å². The van der Waals surface area contributed by atoms with Gasteiger partial charge in [0, 0.05) is 0 Å². The van der Waals surface area contributed by atoms with Crippen molar-refractivity contribution in [1.29, 1.82) is 0 Å². The van der Waals surface area contributed by atoms with E-state index in [1.807, 2.05) is 37.3 Å². The molecule has 0 saturated carbocycles. The second kappa shape index (κ2) is 7.87. The van der Waals surface area contributed by atoms with Crippen molar-refractivity contribution >= 4 is 0 Å². The Morgan fingerprint density at radius 1 is 1.24 bits per heavy atom. The molecule has 1 aromatic rings. The summed E-state index contributed by atoms with van der Waals surface area (Å²) >= 11 is 0. The van der Waals surface area contributed by atoms with E-state index in [4.69, 9.17) is 14.6 Å². The zero-order chi connectivity index (χ0) is 12.5. The Morgan fingerprint density at radius 3 is 2.53 bits per heavy atom. The molecule has 0 aliphatic rings. The summed E-state index contributed by atoms with van der Waals surface area (Å²) in [6.07, 6.45) is 4.63. The molecule has 1 atom stereocenters. The topological polar surface area (TPSA) is 38.7 Å². The molecule has 0 bridgehead atoms. The van der Waals surface area contributed by atoms with Crippen molar-refractivity contribution in [2.24, 2.45) is 0 Å². The molecule has 0 saturated heterocycles. The summed E-state index contributed by atoms with van der Waals surface area (Å²) in [5.74, 6) is 0.854. The first-order valence-electron chi connectivity index (χ1n) is 5.76. The Morgan fingerprint density at radius 2 is 1.94 bits per heavy atom. The first kappa shape index (κ1) is 13.7. The van der Waals surface area contributed by atoms with Crippen LogP contribution in [0.3, 0.4) is 0 Å². The van der Waals surface area contributed by atoms with Crippen LogP contribution in [0.25, 0.3) is 0 Å². The zero-order valence-corrected chi connectivity index (χ0v) is 10.4. The number of methoxy groups -OCH3 is 1. The summed E-state index contributed by atoms with van der Waals surface area (Å²) < 4.78 is 10.8. The van der Waals surface area contributed by atoms with Gasteiger partial charge in [0.15, 0.2) is 0 Å². The van der Waals surface area contributed by atoms with E-state index in [9.17, 15) is 0 Å². The molecule has 0 spiro atoms. The summed E-state index contributed by atoms with van der Waals surface area (Å²) in [6.45, 7) is 2.70. The summed E-state index contributed by atoms with van der Waals surface area (Å²) in [5, 5.41) is 8.60. The van der Waals surface area contributed by atoms with Crippen LogP contribution in [0, 0.1) is 0 Å². The van der Waals surface area contributed by atoms with Crippen LogP contribution in [0.2, 0.25) is 0 Å². The summed E-state index contributed by atoms with van der Waals surface area (Å²) in [4.78, 5) is 0. The number of hydrogen-bond acceptors (Lipinski definition) is 3. The molecule has 0 aromatic heterocycles. The molecule has 0 amide bonds. The van der Waals surface area contributed by atoms with Gasteiger partial charge in [-0.15, -0.1) is 0 Å². The van der Waals surface area contributed by atoms with Gasteiger partial charge in [0.05, 0.1) is 26.4 Å². The van der Waals surface area contributed by atoms with Crippen molar-refractivity contribution in [2.45, 2.75) is 26.1 Å². The lowest BCUT2D eigenvalue weighted by Crippen LogP contribution is -2.06. The molecule has 1 N–H and O–H groups in total. The highest BCUT2D eigenvalue weighted by molar-refractivity contribution is 5.26. The third-order valence-electron chi connectivity index (χ3n) is 2.43. The molecular formula is C14H20O3. The van der Waals surface area contributed by atoms with Gasteiger partial charge in [-0.1, -0.05) is 24.3 Å². The lowest BCUT2D eigenvalue weighted by Gasteiger charge is -2.11. The SMILES string of the molecule is COc1ccc(CO[C@H](C)C/C=C\CO)cc1. The van der Waals surface area contributed by atoms with E-state index in [0.29, 0.717) is 6.61 Å².